The van der Waals surface area contributed by atoms with E-state index in [2.05, 4.69) is 16.2 Å². The molecule has 2 rings (SSSR count). The maximum atomic E-state index is 12.1. The number of nitro groups is 1. The normalized spacial score (nSPS) is 10.0. The molecule has 3 N–H and O–H groups in total. The second-order valence-electron chi connectivity index (χ2n) is 5.94. The van der Waals surface area contributed by atoms with Crippen LogP contribution in [0.25, 0.3) is 0 Å². The number of nitro benzene ring substituents is 1. The number of benzene rings is 2. The smallest absolute Gasteiger partial charge is 0.288 e. The standard InChI is InChI=1S/C18H17ClN4O5S/c1-10-3-4-11(2)15(7-10)28-9-16(24)20-18(29)22-21-17(25)12-5-6-13(19)14(8-12)23(26)27/h3-8H,9H2,1-2H3,(H,21,25)(H2,20,22,24,29). The van der Waals surface area contributed by atoms with Crippen molar-refractivity contribution < 1.29 is 19.2 Å². The van der Waals surface area contributed by atoms with E-state index in [0.29, 0.717) is 5.75 Å². The summed E-state index contributed by atoms with van der Waals surface area (Å²) < 4.78 is 5.46. The fraction of sp³-hybridized carbons (Fsp3) is 0.167. The zero-order valence-electron chi connectivity index (χ0n) is 15.4. The lowest BCUT2D eigenvalue weighted by atomic mass is 10.1. The predicted octanol–water partition coefficient (Wildman–Crippen LogP) is 2.58. The Morgan fingerprint density at radius 1 is 1.17 bits per heavy atom. The van der Waals surface area contributed by atoms with Crippen LogP contribution >= 0.6 is 23.8 Å². The number of carbonyl (C=O) groups excluding carboxylic acids is 2. The molecule has 0 aliphatic rings. The third-order valence-electron chi connectivity index (χ3n) is 3.65. The van der Waals surface area contributed by atoms with E-state index < -0.39 is 22.4 Å². The topological polar surface area (TPSA) is 123 Å². The van der Waals surface area contributed by atoms with E-state index in [0.717, 1.165) is 17.2 Å². The number of hydrazine groups is 1. The third-order valence-corrected chi connectivity index (χ3v) is 4.17. The molecule has 0 spiro atoms. The van der Waals surface area contributed by atoms with Crippen molar-refractivity contribution in [1.29, 1.82) is 0 Å². The summed E-state index contributed by atoms with van der Waals surface area (Å²) in [7, 11) is 0. The maximum absolute atomic E-state index is 12.1. The SMILES string of the molecule is Cc1ccc(C)c(OCC(=O)NC(=S)NNC(=O)c2ccc(Cl)c([N+](=O)[O-])c2)c1. The van der Waals surface area contributed by atoms with Crippen LogP contribution in [-0.4, -0.2) is 28.5 Å². The van der Waals surface area contributed by atoms with Gasteiger partial charge in [0.05, 0.1) is 4.92 Å². The van der Waals surface area contributed by atoms with Gasteiger partial charge in [0.25, 0.3) is 17.5 Å². The van der Waals surface area contributed by atoms with E-state index in [-0.39, 0.29) is 22.3 Å². The Bertz CT molecular complexity index is 983. The van der Waals surface area contributed by atoms with Crippen molar-refractivity contribution in [3.8, 4) is 5.75 Å². The molecule has 0 bridgehead atoms. The molecule has 152 valence electrons. The lowest BCUT2D eigenvalue weighted by molar-refractivity contribution is -0.384. The lowest BCUT2D eigenvalue weighted by Crippen LogP contribution is -2.49. The number of rotatable bonds is 5. The number of aryl methyl sites for hydroxylation is 2. The van der Waals surface area contributed by atoms with Crippen LogP contribution in [0, 0.1) is 24.0 Å². The lowest BCUT2D eigenvalue weighted by Gasteiger charge is -2.12. The van der Waals surface area contributed by atoms with Crippen molar-refractivity contribution in [2.24, 2.45) is 0 Å². The fourth-order valence-electron chi connectivity index (χ4n) is 2.18. The van der Waals surface area contributed by atoms with Gasteiger partial charge in [0.2, 0.25) is 0 Å². The number of hydrogen-bond acceptors (Lipinski definition) is 6. The van der Waals surface area contributed by atoms with Gasteiger partial charge >= 0.3 is 0 Å². The first kappa shape index (κ1) is 22.1. The molecule has 0 aliphatic heterocycles. The maximum Gasteiger partial charge on any atom is 0.288 e. The Morgan fingerprint density at radius 2 is 1.90 bits per heavy atom. The van der Waals surface area contributed by atoms with Crippen molar-refractivity contribution in [1.82, 2.24) is 16.2 Å². The van der Waals surface area contributed by atoms with Gasteiger partial charge in [-0.1, -0.05) is 23.7 Å². The summed E-state index contributed by atoms with van der Waals surface area (Å²) >= 11 is 10.6. The van der Waals surface area contributed by atoms with E-state index in [1.54, 1.807) is 0 Å². The summed E-state index contributed by atoms with van der Waals surface area (Å²) in [5.41, 5.74) is 6.02. The largest absolute Gasteiger partial charge is 0.483 e. The Morgan fingerprint density at radius 3 is 2.59 bits per heavy atom. The van der Waals surface area contributed by atoms with Gasteiger partial charge in [0.1, 0.15) is 10.8 Å². The zero-order chi connectivity index (χ0) is 21.6. The molecule has 2 amide bonds. The van der Waals surface area contributed by atoms with E-state index >= 15 is 0 Å². The highest BCUT2D eigenvalue weighted by atomic mass is 35.5. The van der Waals surface area contributed by atoms with Crippen molar-refractivity contribution >= 4 is 46.4 Å². The van der Waals surface area contributed by atoms with E-state index in [4.69, 9.17) is 28.6 Å². The molecule has 0 aliphatic carbocycles. The number of ether oxygens (including phenoxy) is 1. The first-order valence-corrected chi connectivity index (χ1v) is 9.00. The van der Waals surface area contributed by atoms with Gasteiger partial charge < -0.3 is 4.74 Å². The number of halogens is 1. The van der Waals surface area contributed by atoms with Gasteiger partial charge in [-0.2, -0.15) is 0 Å². The minimum absolute atomic E-state index is 0.0130. The quantitative estimate of drug-likeness (QED) is 0.374. The summed E-state index contributed by atoms with van der Waals surface area (Å²) in [5, 5.41) is 13.0. The molecule has 29 heavy (non-hydrogen) atoms. The molecule has 0 saturated carbocycles. The molecule has 2 aromatic rings. The average molecular weight is 437 g/mol. The molecule has 0 heterocycles. The average Bonchev–Trinajstić information content (AvgIpc) is 2.67. The first-order valence-electron chi connectivity index (χ1n) is 8.21. The van der Waals surface area contributed by atoms with Crippen molar-refractivity contribution in [3.63, 3.8) is 0 Å². The fourth-order valence-corrected chi connectivity index (χ4v) is 2.53. The molecule has 11 heteroatoms. The molecular weight excluding hydrogens is 420 g/mol. The van der Waals surface area contributed by atoms with Crippen molar-refractivity contribution in [3.05, 3.63) is 68.2 Å². The number of nitrogens with one attached hydrogen (secondary N) is 3. The first-order chi connectivity index (χ1) is 13.7. The van der Waals surface area contributed by atoms with Gasteiger partial charge in [-0.15, -0.1) is 0 Å². The number of carbonyl (C=O) groups is 2. The summed E-state index contributed by atoms with van der Waals surface area (Å²) in [6.45, 7) is 3.49. The van der Waals surface area contributed by atoms with E-state index in [1.807, 2.05) is 32.0 Å². The summed E-state index contributed by atoms with van der Waals surface area (Å²) in [4.78, 5) is 34.2. The van der Waals surface area contributed by atoms with E-state index in [1.165, 1.54) is 12.1 Å². The van der Waals surface area contributed by atoms with Crippen LogP contribution in [0.2, 0.25) is 5.02 Å². The summed E-state index contributed by atoms with van der Waals surface area (Å²) in [6.07, 6.45) is 0. The second kappa shape index (κ2) is 9.80. The highest BCUT2D eigenvalue weighted by molar-refractivity contribution is 7.80. The van der Waals surface area contributed by atoms with Crippen LogP contribution in [0.15, 0.2) is 36.4 Å². The van der Waals surface area contributed by atoms with Gasteiger partial charge in [-0.25, -0.2) is 0 Å². The van der Waals surface area contributed by atoms with Gasteiger partial charge in [0.15, 0.2) is 11.7 Å². The molecular formula is C18H17ClN4O5S. The second-order valence-corrected chi connectivity index (χ2v) is 6.75. The van der Waals surface area contributed by atoms with Crippen molar-refractivity contribution in [2.75, 3.05) is 6.61 Å². The van der Waals surface area contributed by atoms with Crippen LogP contribution in [0.4, 0.5) is 5.69 Å². The number of thiocarbonyl (C=S) groups is 1. The zero-order valence-corrected chi connectivity index (χ0v) is 17.0. The number of nitrogens with zero attached hydrogens (tertiary/aromatic N) is 1. The molecule has 0 unspecified atom stereocenters. The van der Waals surface area contributed by atoms with Crippen LogP contribution in [0.1, 0.15) is 21.5 Å². The van der Waals surface area contributed by atoms with E-state index in [9.17, 15) is 19.7 Å². The predicted molar refractivity (Wildman–Crippen MR) is 111 cm³/mol. The van der Waals surface area contributed by atoms with Gasteiger partial charge in [-0.3, -0.25) is 35.9 Å². The molecule has 0 saturated heterocycles. The Labute approximate surface area is 176 Å². The van der Waals surface area contributed by atoms with Crippen molar-refractivity contribution in [2.45, 2.75) is 13.8 Å². The van der Waals surface area contributed by atoms with Crippen LogP contribution < -0.4 is 20.9 Å². The highest BCUT2D eigenvalue weighted by Crippen LogP contribution is 2.24. The van der Waals surface area contributed by atoms with Crippen LogP contribution in [-0.2, 0) is 4.79 Å². The highest BCUT2D eigenvalue weighted by Gasteiger charge is 2.16. The molecule has 0 aromatic heterocycles. The van der Waals surface area contributed by atoms with Gasteiger partial charge in [0, 0.05) is 11.6 Å². The third kappa shape index (κ3) is 6.40. The minimum atomic E-state index is -0.701. The summed E-state index contributed by atoms with van der Waals surface area (Å²) in [5.74, 6) is -0.649. The molecule has 9 nitrogen and oxygen atoms in total. The van der Waals surface area contributed by atoms with Crippen LogP contribution in [0.3, 0.4) is 0 Å². The Hall–Kier alpha value is -3.24. The number of amides is 2. The molecule has 0 atom stereocenters. The Balaban J connectivity index is 1.84. The minimum Gasteiger partial charge on any atom is -0.483 e. The molecule has 2 aromatic carbocycles. The Kier molecular flexibility index (Phi) is 7.46. The monoisotopic (exact) mass is 436 g/mol. The van der Waals surface area contributed by atoms with Gasteiger partial charge in [-0.05, 0) is 55.4 Å². The molecule has 0 radical (unpaired) electrons. The molecule has 0 fully saturated rings. The number of hydrogen-bond donors (Lipinski definition) is 3. The summed E-state index contributed by atoms with van der Waals surface area (Å²) in [6, 6.07) is 9.19. The van der Waals surface area contributed by atoms with Crippen LogP contribution in [0.5, 0.6) is 5.75 Å².